The fourth-order valence-corrected chi connectivity index (χ4v) is 3.27. The summed E-state index contributed by atoms with van der Waals surface area (Å²) in [4.78, 5) is 40.6. The summed E-state index contributed by atoms with van der Waals surface area (Å²) in [5.41, 5.74) is 0.400. The second-order valence-electron chi connectivity index (χ2n) is 7.34. The van der Waals surface area contributed by atoms with E-state index in [4.69, 9.17) is 0 Å². The smallest absolute Gasteiger partial charge is 0.321 e. The van der Waals surface area contributed by atoms with Crippen LogP contribution in [0, 0.1) is 0 Å². The first-order chi connectivity index (χ1) is 12.8. The summed E-state index contributed by atoms with van der Waals surface area (Å²) < 4.78 is 0. The van der Waals surface area contributed by atoms with Gasteiger partial charge in [-0.2, -0.15) is 0 Å². The maximum atomic E-state index is 13.0. The predicted octanol–water partition coefficient (Wildman–Crippen LogP) is 1.34. The van der Waals surface area contributed by atoms with E-state index < -0.39 is 17.5 Å². The van der Waals surface area contributed by atoms with E-state index in [2.05, 4.69) is 10.6 Å². The van der Waals surface area contributed by atoms with Crippen LogP contribution in [0.25, 0.3) is 0 Å². The van der Waals surface area contributed by atoms with E-state index in [9.17, 15) is 14.4 Å². The highest BCUT2D eigenvalue weighted by atomic mass is 16.2. The van der Waals surface area contributed by atoms with E-state index in [0.717, 1.165) is 5.56 Å². The van der Waals surface area contributed by atoms with Crippen molar-refractivity contribution in [3.05, 3.63) is 35.9 Å². The van der Waals surface area contributed by atoms with Gasteiger partial charge in [0.2, 0.25) is 11.8 Å². The molecule has 1 aliphatic heterocycles. The average Bonchev–Trinajstić information content (AvgIpc) is 2.67. The van der Waals surface area contributed by atoms with Gasteiger partial charge in [-0.25, -0.2) is 4.79 Å². The molecule has 0 spiro atoms. The fraction of sp³-hybridized carbons (Fsp3) is 0.550. The molecule has 1 aromatic carbocycles. The highest BCUT2D eigenvalue weighted by Gasteiger charge is 2.36. The Morgan fingerprint density at radius 1 is 1.07 bits per heavy atom. The quantitative estimate of drug-likeness (QED) is 0.815. The number of imide groups is 1. The molecule has 0 saturated carbocycles. The maximum absolute atomic E-state index is 13.0. The molecule has 1 heterocycles. The molecule has 7 nitrogen and oxygen atoms in total. The lowest BCUT2D eigenvalue weighted by atomic mass is 9.83. The minimum Gasteiger partial charge on any atom is -0.339 e. The van der Waals surface area contributed by atoms with Crippen LogP contribution >= 0.6 is 0 Å². The molecule has 7 heteroatoms. The Bertz CT molecular complexity index is 667. The molecule has 2 N–H and O–H groups in total. The fourth-order valence-electron chi connectivity index (χ4n) is 3.27. The predicted molar refractivity (Wildman–Crippen MR) is 104 cm³/mol. The molecule has 2 rings (SSSR count). The number of hydrogen-bond donors (Lipinski definition) is 2. The maximum Gasteiger partial charge on any atom is 0.321 e. The highest BCUT2D eigenvalue weighted by Crippen LogP contribution is 2.26. The summed E-state index contributed by atoms with van der Waals surface area (Å²) in [5, 5.41) is 4.89. The van der Waals surface area contributed by atoms with Crippen LogP contribution in [0.2, 0.25) is 0 Å². The number of rotatable bonds is 5. The molecule has 1 atom stereocenters. The van der Waals surface area contributed by atoms with Crippen LogP contribution in [0.4, 0.5) is 4.79 Å². The van der Waals surface area contributed by atoms with E-state index in [1.807, 2.05) is 54.0 Å². The number of nitrogens with zero attached hydrogens (tertiary/aromatic N) is 2. The zero-order valence-corrected chi connectivity index (χ0v) is 16.6. The van der Waals surface area contributed by atoms with Crippen molar-refractivity contribution in [1.29, 1.82) is 0 Å². The summed E-state index contributed by atoms with van der Waals surface area (Å²) in [6.07, 6.45) is 0. The number of urea groups is 1. The van der Waals surface area contributed by atoms with Gasteiger partial charge in [-0.15, -0.1) is 0 Å². The van der Waals surface area contributed by atoms with Crippen molar-refractivity contribution in [2.75, 3.05) is 32.7 Å². The molecule has 0 bridgehead atoms. The van der Waals surface area contributed by atoms with Gasteiger partial charge in [-0.05, 0) is 33.3 Å². The highest BCUT2D eigenvalue weighted by molar-refractivity contribution is 5.96. The summed E-state index contributed by atoms with van der Waals surface area (Å²) in [5.74, 6) is -0.238. The van der Waals surface area contributed by atoms with E-state index >= 15 is 0 Å². The van der Waals surface area contributed by atoms with Crippen LogP contribution in [0.1, 0.15) is 33.3 Å². The van der Waals surface area contributed by atoms with Crippen LogP contribution < -0.4 is 10.6 Å². The Morgan fingerprint density at radius 2 is 1.67 bits per heavy atom. The first kappa shape index (κ1) is 20.9. The molecule has 4 amide bonds. The minimum atomic E-state index is -0.593. The van der Waals surface area contributed by atoms with Gasteiger partial charge >= 0.3 is 6.03 Å². The zero-order chi connectivity index (χ0) is 20.0. The molecule has 1 aliphatic rings. The van der Waals surface area contributed by atoms with E-state index in [1.54, 1.807) is 13.8 Å². The SMILES string of the molecule is CCNC(=O)NC(=O)C(C)N1CCN(C(=O)C(C)(C)c2ccccc2)CC1. The van der Waals surface area contributed by atoms with Crippen molar-refractivity contribution in [3.63, 3.8) is 0 Å². The van der Waals surface area contributed by atoms with Crippen molar-refractivity contribution < 1.29 is 14.4 Å². The van der Waals surface area contributed by atoms with E-state index in [1.165, 1.54) is 0 Å². The summed E-state index contributed by atoms with van der Waals surface area (Å²) in [6, 6.07) is 8.87. The second-order valence-corrected chi connectivity index (χ2v) is 7.34. The van der Waals surface area contributed by atoms with Crippen molar-refractivity contribution >= 4 is 17.8 Å². The van der Waals surface area contributed by atoms with Crippen molar-refractivity contribution in [3.8, 4) is 0 Å². The lowest BCUT2D eigenvalue weighted by Crippen LogP contribution is -2.58. The lowest BCUT2D eigenvalue weighted by molar-refractivity contribution is -0.138. The van der Waals surface area contributed by atoms with Crippen LogP contribution in [-0.2, 0) is 15.0 Å². The van der Waals surface area contributed by atoms with E-state index in [-0.39, 0.29) is 11.8 Å². The summed E-state index contributed by atoms with van der Waals surface area (Å²) >= 11 is 0. The van der Waals surface area contributed by atoms with Gasteiger partial charge in [0, 0.05) is 32.7 Å². The topological polar surface area (TPSA) is 81.8 Å². The van der Waals surface area contributed by atoms with Crippen LogP contribution in [-0.4, -0.2) is 66.4 Å². The Kier molecular flexibility index (Phi) is 6.96. The Hall–Kier alpha value is -2.41. The van der Waals surface area contributed by atoms with Gasteiger partial charge < -0.3 is 10.2 Å². The number of amides is 4. The van der Waals surface area contributed by atoms with Crippen molar-refractivity contribution in [2.24, 2.45) is 0 Å². The first-order valence-corrected chi connectivity index (χ1v) is 9.45. The molecular weight excluding hydrogens is 344 g/mol. The van der Waals surface area contributed by atoms with Gasteiger partial charge in [-0.1, -0.05) is 30.3 Å². The molecule has 1 fully saturated rings. The minimum absolute atomic E-state index is 0.0905. The zero-order valence-electron chi connectivity index (χ0n) is 16.6. The summed E-state index contributed by atoms with van der Waals surface area (Å²) in [7, 11) is 0. The number of hydrogen-bond acceptors (Lipinski definition) is 4. The van der Waals surface area contributed by atoms with E-state index in [0.29, 0.717) is 32.7 Å². The van der Waals surface area contributed by atoms with Gasteiger partial charge in [-0.3, -0.25) is 19.8 Å². The van der Waals surface area contributed by atoms with Gasteiger partial charge in [0.15, 0.2) is 0 Å². The number of piperazine rings is 1. The monoisotopic (exact) mass is 374 g/mol. The number of benzene rings is 1. The van der Waals surface area contributed by atoms with Crippen LogP contribution in [0.15, 0.2) is 30.3 Å². The summed E-state index contributed by atoms with van der Waals surface area (Å²) in [6.45, 7) is 10.2. The average molecular weight is 374 g/mol. The second kappa shape index (κ2) is 8.99. The molecule has 0 aromatic heterocycles. The third-order valence-electron chi connectivity index (χ3n) is 5.13. The number of carbonyl (C=O) groups is 3. The molecule has 1 aromatic rings. The molecule has 0 radical (unpaired) electrons. The third kappa shape index (κ3) is 5.07. The number of carbonyl (C=O) groups excluding carboxylic acids is 3. The molecule has 0 aliphatic carbocycles. The molecule has 27 heavy (non-hydrogen) atoms. The standard InChI is InChI=1S/C20H30N4O3/c1-5-21-19(27)22-17(25)15(2)23-11-13-24(14-12-23)18(26)20(3,4)16-9-7-6-8-10-16/h6-10,15H,5,11-14H2,1-4H3,(H2,21,22,25,27). The van der Waals surface area contributed by atoms with Gasteiger partial charge in [0.1, 0.15) is 0 Å². The number of nitrogens with one attached hydrogen (secondary N) is 2. The molecule has 1 unspecified atom stereocenters. The normalized spacial score (nSPS) is 16.5. The Morgan fingerprint density at radius 3 is 2.22 bits per heavy atom. The first-order valence-electron chi connectivity index (χ1n) is 9.45. The molecule has 148 valence electrons. The van der Waals surface area contributed by atoms with Crippen molar-refractivity contribution in [1.82, 2.24) is 20.4 Å². The van der Waals surface area contributed by atoms with Crippen LogP contribution in [0.5, 0.6) is 0 Å². The lowest BCUT2D eigenvalue weighted by Gasteiger charge is -2.40. The van der Waals surface area contributed by atoms with Crippen LogP contribution in [0.3, 0.4) is 0 Å². The molecular formula is C20H30N4O3. The molecule has 1 saturated heterocycles. The Balaban J connectivity index is 1.91. The largest absolute Gasteiger partial charge is 0.339 e. The van der Waals surface area contributed by atoms with Gasteiger partial charge in [0.05, 0.1) is 11.5 Å². The van der Waals surface area contributed by atoms with Crippen molar-refractivity contribution in [2.45, 2.75) is 39.2 Å². The Labute approximate surface area is 161 Å². The third-order valence-corrected chi connectivity index (χ3v) is 5.13. The van der Waals surface area contributed by atoms with Gasteiger partial charge in [0.25, 0.3) is 0 Å².